The van der Waals surface area contributed by atoms with Crippen LogP contribution in [-0.2, 0) is 13.6 Å². The Balaban J connectivity index is 2.00. The maximum atomic E-state index is 11.5. The van der Waals surface area contributed by atoms with Gasteiger partial charge in [-0.25, -0.2) is 4.68 Å². The topological polar surface area (TPSA) is 64.7 Å². The molecule has 1 N–H and O–H groups in total. The number of aromatic nitrogens is 4. The highest BCUT2D eigenvalue weighted by atomic mass is 35.5. The summed E-state index contributed by atoms with van der Waals surface area (Å²) in [5.41, 5.74) is 0.234. The average molecular weight is 254 g/mol. The molecule has 0 amide bonds. The Kier molecular flexibility index (Phi) is 3.43. The van der Waals surface area contributed by atoms with Crippen LogP contribution in [-0.4, -0.2) is 26.1 Å². The summed E-state index contributed by atoms with van der Waals surface area (Å²) in [6.07, 6.45) is 5.12. The Morgan fingerprint density at radius 1 is 1.47 bits per heavy atom. The number of hydrogen-bond acceptors (Lipinski definition) is 4. The maximum Gasteiger partial charge on any atom is 0.287 e. The van der Waals surface area contributed by atoms with E-state index in [1.807, 2.05) is 12.3 Å². The van der Waals surface area contributed by atoms with Crippen molar-refractivity contribution in [3.05, 3.63) is 40.0 Å². The maximum absolute atomic E-state index is 11.5. The highest BCUT2D eigenvalue weighted by Gasteiger charge is 2.06. The number of nitrogens with one attached hydrogen (secondary N) is 1. The molecule has 2 rings (SSSR count). The molecule has 90 valence electrons. The lowest BCUT2D eigenvalue weighted by Crippen LogP contribution is -2.22. The van der Waals surface area contributed by atoms with Crippen molar-refractivity contribution >= 4 is 17.3 Å². The van der Waals surface area contributed by atoms with E-state index in [1.165, 1.54) is 10.9 Å². The lowest BCUT2D eigenvalue weighted by atomic mass is 10.4. The minimum atomic E-state index is -0.309. The van der Waals surface area contributed by atoms with Gasteiger partial charge in [0.1, 0.15) is 5.02 Å². The van der Waals surface area contributed by atoms with Crippen LogP contribution in [0.4, 0.5) is 5.69 Å². The van der Waals surface area contributed by atoms with E-state index in [2.05, 4.69) is 15.5 Å². The van der Waals surface area contributed by atoms with Gasteiger partial charge in [0.05, 0.1) is 18.4 Å². The lowest BCUT2D eigenvalue weighted by molar-refractivity contribution is 0.636. The Bertz CT molecular complexity index is 548. The molecule has 0 bridgehead atoms. The molecule has 6 nitrogen and oxygen atoms in total. The van der Waals surface area contributed by atoms with Gasteiger partial charge >= 0.3 is 0 Å². The van der Waals surface area contributed by atoms with Crippen molar-refractivity contribution in [2.75, 3.05) is 11.9 Å². The van der Waals surface area contributed by atoms with E-state index in [1.54, 1.807) is 17.9 Å². The van der Waals surface area contributed by atoms with E-state index in [4.69, 9.17) is 11.6 Å². The summed E-state index contributed by atoms with van der Waals surface area (Å²) in [6, 6.07) is 1.85. The summed E-state index contributed by atoms with van der Waals surface area (Å²) in [5, 5.41) is 11.2. The number of anilines is 1. The van der Waals surface area contributed by atoms with Crippen molar-refractivity contribution in [1.82, 2.24) is 19.6 Å². The quantitative estimate of drug-likeness (QED) is 0.873. The Morgan fingerprint density at radius 3 is 3.00 bits per heavy atom. The molecule has 0 aliphatic heterocycles. The summed E-state index contributed by atoms with van der Waals surface area (Å²) in [6.45, 7) is 1.31. The van der Waals surface area contributed by atoms with Crippen LogP contribution in [0, 0.1) is 0 Å². The minimum Gasteiger partial charge on any atom is -0.381 e. The van der Waals surface area contributed by atoms with E-state index in [0.29, 0.717) is 18.8 Å². The predicted octanol–water partition coefficient (Wildman–Crippen LogP) is 0.742. The van der Waals surface area contributed by atoms with Crippen LogP contribution in [0.1, 0.15) is 0 Å². The normalized spacial score (nSPS) is 10.5. The Hall–Kier alpha value is -1.82. The van der Waals surface area contributed by atoms with Crippen LogP contribution in [0.15, 0.2) is 29.5 Å². The number of rotatable bonds is 4. The molecule has 0 unspecified atom stereocenters. The third-order valence-corrected chi connectivity index (χ3v) is 2.66. The number of nitrogens with zero attached hydrogens (tertiary/aromatic N) is 4. The molecule has 0 atom stereocenters. The first-order chi connectivity index (χ1) is 8.18. The summed E-state index contributed by atoms with van der Waals surface area (Å²) >= 11 is 5.90. The first kappa shape index (κ1) is 11.7. The first-order valence-electron chi connectivity index (χ1n) is 5.11. The van der Waals surface area contributed by atoms with Gasteiger partial charge in [0.25, 0.3) is 5.56 Å². The van der Waals surface area contributed by atoms with Gasteiger partial charge in [-0.05, 0) is 6.07 Å². The van der Waals surface area contributed by atoms with Crippen LogP contribution in [0.3, 0.4) is 0 Å². The van der Waals surface area contributed by atoms with Crippen LogP contribution >= 0.6 is 11.6 Å². The fraction of sp³-hybridized carbons (Fsp3) is 0.300. The molecule has 0 radical (unpaired) electrons. The molecule has 17 heavy (non-hydrogen) atoms. The summed E-state index contributed by atoms with van der Waals surface area (Å²) in [7, 11) is 1.56. The standard InChI is InChI=1S/C10H12ClN5O/c1-15-10(17)9(11)8(7-14-15)12-4-6-16-5-2-3-13-16/h2-3,5,7,12H,4,6H2,1H3. The fourth-order valence-electron chi connectivity index (χ4n) is 1.37. The zero-order valence-electron chi connectivity index (χ0n) is 9.30. The Labute approximate surface area is 103 Å². The molecule has 0 saturated carbocycles. The van der Waals surface area contributed by atoms with Crippen molar-refractivity contribution in [1.29, 1.82) is 0 Å². The summed E-state index contributed by atoms with van der Waals surface area (Å²) < 4.78 is 2.98. The zero-order chi connectivity index (χ0) is 12.3. The minimum absolute atomic E-state index is 0.156. The summed E-state index contributed by atoms with van der Waals surface area (Å²) in [4.78, 5) is 11.5. The molecule has 2 aromatic heterocycles. The molecule has 0 aliphatic rings. The third-order valence-electron chi connectivity index (χ3n) is 2.29. The molecular formula is C10H12ClN5O. The second-order valence-corrected chi connectivity index (χ2v) is 3.87. The van der Waals surface area contributed by atoms with Crippen molar-refractivity contribution in [3.63, 3.8) is 0 Å². The lowest BCUT2D eigenvalue weighted by Gasteiger charge is -2.08. The van der Waals surface area contributed by atoms with Gasteiger partial charge in [-0.3, -0.25) is 9.48 Å². The van der Waals surface area contributed by atoms with Crippen molar-refractivity contribution in [2.24, 2.45) is 7.05 Å². The molecule has 0 aromatic carbocycles. The van der Waals surface area contributed by atoms with Crippen molar-refractivity contribution < 1.29 is 0 Å². The first-order valence-corrected chi connectivity index (χ1v) is 5.49. The van der Waals surface area contributed by atoms with Gasteiger partial charge < -0.3 is 5.32 Å². The van der Waals surface area contributed by atoms with Crippen LogP contribution in [0.25, 0.3) is 0 Å². The highest BCUT2D eigenvalue weighted by Crippen LogP contribution is 2.14. The van der Waals surface area contributed by atoms with E-state index < -0.39 is 0 Å². The van der Waals surface area contributed by atoms with Gasteiger partial charge in [-0.1, -0.05) is 11.6 Å². The Morgan fingerprint density at radius 2 is 2.29 bits per heavy atom. The van der Waals surface area contributed by atoms with Crippen LogP contribution < -0.4 is 10.9 Å². The van der Waals surface area contributed by atoms with E-state index in [9.17, 15) is 4.79 Å². The SMILES string of the molecule is Cn1ncc(NCCn2cccn2)c(Cl)c1=O. The average Bonchev–Trinajstić information content (AvgIpc) is 2.82. The van der Waals surface area contributed by atoms with E-state index in [-0.39, 0.29) is 10.6 Å². The second kappa shape index (κ2) is 5.01. The van der Waals surface area contributed by atoms with E-state index >= 15 is 0 Å². The van der Waals surface area contributed by atoms with Gasteiger partial charge in [-0.15, -0.1) is 0 Å². The molecule has 2 aromatic rings. The fourth-order valence-corrected chi connectivity index (χ4v) is 1.61. The van der Waals surface area contributed by atoms with Gasteiger partial charge in [0, 0.05) is 26.0 Å². The smallest absolute Gasteiger partial charge is 0.287 e. The second-order valence-electron chi connectivity index (χ2n) is 3.50. The zero-order valence-corrected chi connectivity index (χ0v) is 10.1. The number of halogens is 1. The monoisotopic (exact) mass is 253 g/mol. The summed E-state index contributed by atoms with van der Waals surface area (Å²) in [5.74, 6) is 0. The third kappa shape index (κ3) is 2.65. The predicted molar refractivity (Wildman–Crippen MR) is 65.2 cm³/mol. The number of hydrogen-bond donors (Lipinski definition) is 1. The van der Waals surface area contributed by atoms with Crippen LogP contribution in [0.2, 0.25) is 5.02 Å². The van der Waals surface area contributed by atoms with Crippen molar-refractivity contribution in [2.45, 2.75) is 6.54 Å². The van der Waals surface area contributed by atoms with Gasteiger partial charge in [0.2, 0.25) is 0 Å². The molecule has 7 heteroatoms. The molecular weight excluding hydrogens is 242 g/mol. The molecule has 2 heterocycles. The van der Waals surface area contributed by atoms with Crippen LogP contribution in [0.5, 0.6) is 0 Å². The molecule has 0 spiro atoms. The van der Waals surface area contributed by atoms with E-state index in [0.717, 1.165) is 0 Å². The highest BCUT2D eigenvalue weighted by molar-refractivity contribution is 6.32. The molecule has 0 aliphatic carbocycles. The molecule has 0 saturated heterocycles. The van der Waals surface area contributed by atoms with Crippen molar-refractivity contribution in [3.8, 4) is 0 Å². The van der Waals surface area contributed by atoms with Gasteiger partial charge in [-0.2, -0.15) is 10.2 Å². The van der Waals surface area contributed by atoms with Gasteiger partial charge in [0.15, 0.2) is 0 Å². The largest absolute Gasteiger partial charge is 0.381 e. The molecule has 0 fully saturated rings. The number of aryl methyl sites for hydroxylation is 1.